The van der Waals surface area contributed by atoms with Crippen LogP contribution >= 0.6 is 11.3 Å². The van der Waals surface area contributed by atoms with E-state index in [9.17, 15) is 4.79 Å². The van der Waals surface area contributed by atoms with Crippen LogP contribution in [0.5, 0.6) is 0 Å². The Balaban J connectivity index is 1.68. The zero-order valence-electron chi connectivity index (χ0n) is 14.3. The lowest BCUT2D eigenvalue weighted by molar-refractivity contribution is 0.0952. The van der Waals surface area contributed by atoms with E-state index in [2.05, 4.69) is 22.2 Å². The number of nitrogens with one attached hydrogen (secondary N) is 1. The minimum absolute atomic E-state index is 0.102. The number of amides is 1. The zero-order chi connectivity index (χ0) is 17.9. The van der Waals surface area contributed by atoms with Gasteiger partial charge in [-0.3, -0.25) is 9.78 Å². The second-order valence-electron chi connectivity index (χ2n) is 5.92. The van der Waals surface area contributed by atoms with Gasteiger partial charge in [0.15, 0.2) is 0 Å². The molecule has 0 aliphatic carbocycles. The van der Waals surface area contributed by atoms with Crippen molar-refractivity contribution in [3.63, 3.8) is 0 Å². The van der Waals surface area contributed by atoms with E-state index in [0.717, 1.165) is 33.9 Å². The summed E-state index contributed by atoms with van der Waals surface area (Å²) < 4.78 is 2.02. The zero-order valence-corrected chi connectivity index (χ0v) is 15.2. The van der Waals surface area contributed by atoms with Crippen molar-refractivity contribution in [3.05, 3.63) is 76.5 Å². The van der Waals surface area contributed by atoms with E-state index in [4.69, 9.17) is 0 Å². The fourth-order valence-electron chi connectivity index (χ4n) is 2.90. The van der Waals surface area contributed by atoms with Gasteiger partial charge in [-0.15, -0.1) is 11.3 Å². The molecule has 4 aromatic heterocycles. The molecule has 1 N–H and O–H groups in total. The molecule has 0 unspecified atom stereocenters. The lowest BCUT2D eigenvalue weighted by Gasteiger charge is -2.04. The smallest absolute Gasteiger partial charge is 0.253 e. The van der Waals surface area contributed by atoms with Crippen molar-refractivity contribution in [1.82, 2.24) is 19.7 Å². The summed E-state index contributed by atoms with van der Waals surface area (Å²) in [6.45, 7) is 2.54. The first-order valence-electron chi connectivity index (χ1n) is 8.48. The number of thiazole rings is 1. The molecule has 0 radical (unpaired) electrons. The predicted octanol–water partition coefficient (Wildman–Crippen LogP) is 3.95. The fraction of sp³-hybridized carbons (Fsp3) is 0.150. The average molecular weight is 362 g/mol. The highest BCUT2D eigenvalue weighted by atomic mass is 32.1. The Morgan fingerprint density at radius 1 is 1.27 bits per heavy atom. The van der Waals surface area contributed by atoms with Crippen LogP contribution in [0.3, 0.4) is 0 Å². The topological polar surface area (TPSA) is 59.3 Å². The minimum atomic E-state index is -0.102. The summed E-state index contributed by atoms with van der Waals surface area (Å²) in [5.74, 6) is -0.102. The van der Waals surface area contributed by atoms with Crippen molar-refractivity contribution in [1.29, 1.82) is 0 Å². The van der Waals surface area contributed by atoms with Crippen LogP contribution in [0.4, 0.5) is 0 Å². The second-order valence-corrected chi connectivity index (χ2v) is 6.87. The van der Waals surface area contributed by atoms with Crippen molar-refractivity contribution >= 4 is 22.8 Å². The van der Waals surface area contributed by atoms with Crippen molar-refractivity contribution in [2.75, 3.05) is 0 Å². The van der Waals surface area contributed by atoms with Gasteiger partial charge < -0.3 is 9.72 Å². The Morgan fingerprint density at radius 2 is 2.19 bits per heavy atom. The molecule has 0 saturated carbocycles. The van der Waals surface area contributed by atoms with Crippen molar-refractivity contribution in [2.45, 2.75) is 19.9 Å². The van der Waals surface area contributed by atoms with Crippen LogP contribution in [0.2, 0.25) is 0 Å². The molecule has 0 saturated heterocycles. The first-order chi connectivity index (χ1) is 12.8. The number of aromatic nitrogens is 3. The molecule has 4 aromatic rings. The molecule has 0 aliphatic heterocycles. The maximum atomic E-state index is 12.8. The van der Waals surface area contributed by atoms with Gasteiger partial charge in [-0.1, -0.05) is 19.1 Å². The normalized spacial score (nSPS) is 11.0. The van der Waals surface area contributed by atoms with Crippen LogP contribution in [0.25, 0.3) is 16.9 Å². The molecule has 0 fully saturated rings. The molecular weight excluding hydrogens is 344 g/mol. The van der Waals surface area contributed by atoms with Gasteiger partial charge in [0.25, 0.3) is 5.91 Å². The molecule has 4 heterocycles. The fourth-order valence-corrected chi connectivity index (χ4v) is 3.64. The third-order valence-electron chi connectivity index (χ3n) is 4.21. The molecule has 130 valence electrons. The minimum Gasteiger partial charge on any atom is -0.348 e. The van der Waals surface area contributed by atoms with Crippen molar-refractivity contribution in [3.8, 4) is 11.4 Å². The summed E-state index contributed by atoms with van der Waals surface area (Å²) in [4.78, 5) is 21.5. The molecule has 5 nitrogen and oxygen atoms in total. The Labute approximate surface area is 155 Å². The summed E-state index contributed by atoms with van der Waals surface area (Å²) in [6, 6.07) is 11.6. The molecule has 6 heteroatoms. The van der Waals surface area contributed by atoms with Crippen LogP contribution < -0.4 is 5.32 Å². The molecular formula is C20H18N4OS. The molecule has 0 aromatic carbocycles. The number of nitrogens with zero attached hydrogens (tertiary/aromatic N) is 3. The summed E-state index contributed by atoms with van der Waals surface area (Å²) >= 11 is 1.65. The summed E-state index contributed by atoms with van der Waals surface area (Å²) in [7, 11) is 0. The number of pyridine rings is 2. The largest absolute Gasteiger partial charge is 0.348 e. The second kappa shape index (κ2) is 7.09. The first kappa shape index (κ1) is 16.5. The molecule has 0 atom stereocenters. The number of hydrogen-bond donors (Lipinski definition) is 1. The number of carbonyl (C=O) groups is 1. The van der Waals surface area contributed by atoms with Crippen molar-refractivity contribution < 1.29 is 4.79 Å². The maximum absolute atomic E-state index is 12.8. The van der Waals surface area contributed by atoms with E-state index in [1.54, 1.807) is 23.7 Å². The maximum Gasteiger partial charge on any atom is 0.253 e. The lowest BCUT2D eigenvalue weighted by Crippen LogP contribution is -2.22. The molecule has 0 spiro atoms. The van der Waals surface area contributed by atoms with E-state index in [0.29, 0.717) is 12.1 Å². The van der Waals surface area contributed by atoms with Gasteiger partial charge in [0.2, 0.25) is 0 Å². The lowest BCUT2D eigenvalue weighted by atomic mass is 10.2. The Hall–Kier alpha value is -2.99. The molecule has 0 bridgehead atoms. The molecule has 1 amide bonds. The third-order valence-corrected chi connectivity index (χ3v) is 5.21. The SMILES string of the molecule is CCc1nc(-c2cc(C(=O)NCc3cccnc3)c3ccccn23)cs1. The van der Waals surface area contributed by atoms with E-state index < -0.39 is 0 Å². The van der Waals surface area contributed by atoms with Gasteiger partial charge in [0, 0.05) is 30.5 Å². The van der Waals surface area contributed by atoms with Gasteiger partial charge in [-0.25, -0.2) is 4.98 Å². The van der Waals surface area contributed by atoms with Crippen molar-refractivity contribution in [2.24, 2.45) is 0 Å². The number of carbonyl (C=O) groups excluding carboxylic acids is 1. The number of aryl methyl sites for hydroxylation is 1. The van der Waals surface area contributed by atoms with E-state index in [1.165, 1.54) is 0 Å². The van der Waals surface area contributed by atoms with E-state index in [1.807, 2.05) is 52.4 Å². The van der Waals surface area contributed by atoms with Crippen LogP contribution in [0.15, 0.2) is 60.4 Å². The Bertz CT molecular complexity index is 1050. The van der Waals surface area contributed by atoms with Crippen LogP contribution in [0, 0.1) is 0 Å². The first-order valence-corrected chi connectivity index (χ1v) is 9.36. The monoisotopic (exact) mass is 362 g/mol. The summed E-state index contributed by atoms with van der Waals surface area (Å²) in [5.41, 5.74) is 4.33. The highest BCUT2D eigenvalue weighted by Gasteiger charge is 2.17. The quantitative estimate of drug-likeness (QED) is 0.585. The number of hydrogen-bond acceptors (Lipinski definition) is 4. The average Bonchev–Trinajstić information content (AvgIpc) is 3.31. The van der Waals surface area contributed by atoms with Gasteiger partial charge in [0.1, 0.15) is 0 Å². The van der Waals surface area contributed by atoms with Crippen LogP contribution in [-0.2, 0) is 13.0 Å². The van der Waals surface area contributed by atoms with E-state index >= 15 is 0 Å². The summed E-state index contributed by atoms with van der Waals surface area (Å²) in [5, 5.41) is 6.12. The molecule has 0 aliphatic rings. The third kappa shape index (κ3) is 3.11. The Kier molecular flexibility index (Phi) is 4.50. The molecule has 4 rings (SSSR count). The summed E-state index contributed by atoms with van der Waals surface area (Å²) in [6.07, 6.45) is 6.35. The standard InChI is InChI=1S/C20H18N4OS/c1-2-19-23-16(13-26-19)18-10-15(17-7-3-4-9-24(17)18)20(25)22-12-14-6-5-8-21-11-14/h3-11,13H,2,12H2,1H3,(H,22,25). The number of rotatable bonds is 5. The van der Waals surface area contributed by atoms with Gasteiger partial charge in [0.05, 0.1) is 27.5 Å². The van der Waals surface area contributed by atoms with Crippen LogP contribution in [0.1, 0.15) is 27.9 Å². The predicted molar refractivity (Wildman–Crippen MR) is 103 cm³/mol. The van der Waals surface area contributed by atoms with Gasteiger partial charge in [-0.2, -0.15) is 0 Å². The highest BCUT2D eigenvalue weighted by molar-refractivity contribution is 7.09. The van der Waals surface area contributed by atoms with Crippen LogP contribution in [-0.4, -0.2) is 20.3 Å². The Morgan fingerprint density at radius 3 is 2.96 bits per heavy atom. The number of fused-ring (bicyclic) bond motifs is 1. The molecule has 26 heavy (non-hydrogen) atoms. The highest BCUT2D eigenvalue weighted by Crippen LogP contribution is 2.27. The van der Waals surface area contributed by atoms with E-state index in [-0.39, 0.29) is 5.91 Å². The van der Waals surface area contributed by atoms with Gasteiger partial charge in [-0.05, 0) is 36.2 Å². The van der Waals surface area contributed by atoms with Gasteiger partial charge >= 0.3 is 0 Å².